The zero-order valence-corrected chi connectivity index (χ0v) is 11.5. The number of para-hydroxylation sites is 1. The Morgan fingerprint density at radius 1 is 0.955 bits per heavy atom. The Hall–Kier alpha value is -3.15. The third-order valence-corrected chi connectivity index (χ3v) is 3.42. The van der Waals surface area contributed by atoms with Gasteiger partial charge in [0.1, 0.15) is 0 Å². The second-order valence-corrected chi connectivity index (χ2v) is 4.79. The molecule has 3 aromatic rings. The molecule has 0 spiro atoms. The highest BCUT2D eigenvalue weighted by Gasteiger charge is 2.16. The lowest BCUT2D eigenvalue weighted by Crippen LogP contribution is -2.42. The molecule has 0 atom stereocenters. The van der Waals surface area contributed by atoms with E-state index in [2.05, 4.69) is 0 Å². The first kappa shape index (κ1) is 13.8. The van der Waals surface area contributed by atoms with Crippen molar-refractivity contribution in [2.24, 2.45) is 0 Å². The largest absolute Gasteiger partial charge is 0.464 e. The van der Waals surface area contributed by atoms with Gasteiger partial charge in [-0.25, -0.2) is 9.59 Å². The van der Waals surface area contributed by atoms with Gasteiger partial charge in [-0.2, -0.15) is 4.57 Å². The predicted octanol–water partition coefficient (Wildman–Crippen LogP) is 1.74. The number of aromatic nitrogens is 2. The molecule has 0 radical (unpaired) electrons. The van der Waals surface area contributed by atoms with Crippen LogP contribution in [0.2, 0.25) is 0 Å². The molecule has 0 bridgehead atoms. The molecule has 0 aliphatic rings. The standard InChI is InChI=1S/C16H12N2O4/c19-14-12-8-4-5-9-13(12)18(16(21)22)15(20)17(14)10-11-6-2-1-3-7-11/h1-9H,10H2,(H,21,22). The van der Waals surface area contributed by atoms with Crippen LogP contribution in [0.15, 0.2) is 64.2 Å². The lowest BCUT2D eigenvalue weighted by Gasteiger charge is -2.10. The molecule has 0 fully saturated rings. The molecule has 1 aromatic heterocycles. The van der Waals surface area contributed by atoms with Crippen LogP contribution >= 0.6 is 0 Å². The van der Waals surface area contributed by atoms with Crippen molar-refractivity contribution in [2.45, 2.75) is 6.54 Å². The fourth-order valence-corrected chi connectivity index (χ4v) is 2.40. The first-order valence-corrected chi connectivity index (χ1v) is 6.61. The second kappa shape index (κ2) is 5.33. The Balaban J connectivity index is 2.34. The first-order valence-electron chi connectivity index (χ1n) is 6.61. The van der Waals surface area contributed by atoms with Gasteiger partial charge >= 0.3 is 11.8 Å². The third kappa shape index (κ3) is 2.20. The summed E-state index contributed by atoms with van der Waals surface area (Å²) in [7, 11) is 0. The van der Waals surface area contributed by atoms with E-state index >= 15 is 0 Å². The van der Waals surface area contributed by atoms with Crippen LogP contribution in [0.5, 0.6) is 0 Å². The number of rotatable bonds is 2. The molecule has 0 aliphatic heterocycles. The fraction of sp³-hybridized carbons (Fsp3) is 0.0625. The third-order valence-electron chi connectivity index (χ3n) is 3.42. The number of nitrogens with zero attached hydrogens (tertiary/aromatic N) is 2. The van der Waals surface area contributed by atoms with Gasteiger partial charge < -0.3 is 5.11 Å². The zero-order chi connectivity index (χ0) is 15.7. The van der Waals surface area contributed by atoms with E-state index in [9.17, 15) is 19.5 Å². The van der Waals surface area contributed by atoms with Gasteiger partial charge in [0.25, 0.3) is 5.56 Å². The minimum Gasteiger partial charge on any atom is -0.464 e. The van der Waals surface area contributed by atoms with E-state index in [0.717, 1.165) is 10.1 Å². The van der Waals surface area contributed by atoms with Crippen LogP contribution in [0, 0.1) is 0 Å². The molecule has 0 aliphatic carbocycles. The average molecular weight is 296 g/mol. The van der Waals surface area contributed by atoms with Crippen LogP contribution in [0.4, 0.5) is 4.79 Å². The Bertz CT molecular complexity index is 971. The lowest BCUT2D eigenvalue weighted by molar-refractivity contribution is 0.195. The van der Waals surface area contributed by atoms with Crippen molar-refractivity contribution in [3.05, 3.63) is 81.0 Å². The van der Waals surface area contributed by atoms with Crippen LogP contribution in [0.1, 0.15) is 5.56 Å². The number of hydrogen-bond acceptors (Lipinski definition) is 3. The van der Waals surface area contributed by atoms with E-state index in [4.69, 9.17) is 0 Å². The molecule has 1 heterocycles. The normalized spacial score (nSPS) is 10.7. The molecule has 6 nitrogen and oxygen atoms in total. The zero-order valence-electron chi connectivity index (χ0n) is 11.5. The smallest absolute Gasteiger partial charge is 0.420 e. The van der Waals surface area contributed by atoms with Gasteiger partial charge in [-0.05, 0) is 17.7 Å². The van der Waals surface area contributed by atoms with E-state index < -0.39 is 17.3 Å². The topological polar surface area (TPSA) is 81.3 Å². The van der Waals surface area contributed by atoms with Gasteiger partial charge in [0.2, 0.25) is 0 Å². The maximum atomic E-state index is 12.5. The quantitative estimate of drug-likeness (QED) is 0.781. The summed E-state index contributed by atoms with van der Waals surface area (Å²) in [6.07, 6.45) is -1.41. The highest BCUT2D eigenvalue weighted by molar-refractivity contribution is 5.86. The van der Waals surface area contributed by atoms with E-state index in [1.807, 2.05) is 6.07 Å². The summed E-state index contributed by atoms with van der Waals surface area (Å²) in [5.74, 6) is 0. The molecular formula is C16H12N2O4. The summed E-state index contributed by atoms with van der Waals surface area (Å²) in [6, 6.07) is 15.1. The number of fused-ring (bicyclic) bond motifs is 1. The first-order chi connectivity index (χ1) is 10.6. The van der Waals surface area contributed by atoms with Crippen molar-refractivity contribution in [1.29, 1.82) is 0 Å². The van der Waals surface area contributed by atoms with E-state index in [1.165, 1.54) is 12.1 Å². The number of carbonyl (C=O) groups is 1. The van der Waals surface area contributed by atoms with Crippen LogP contribution in [0.3, 0.4) is 0 Å². The van der Waals surface area contributed by atoms with Gasteiger partial charge in [-0.3, -0.25) is 9.36 Å². The molecular weight excluding hydrogens is 284 g/mol. The second-order valence-electron chi connectivity index (χ2n) is 4.79. The Kier molecular flexibility index (Phi) is 3.34. The predicted molar refractivity (Wildman–Crippen MR) is 81.4 cm³/mol. The maximum Gasteiger partial charge on any atom is 0.420 e. The van der Waals surface area contributed by atoms with Crippen LogP contribution in [-0.2, 0) is 6.54 Å². The summed E-state index contributed by atoms with van der Waals surface area (Å²) >= 11 is 0. The van der Waals surface area contributed by atoms with Crippen molar-refractivity contribution >= 4 is 17.0 Å². The van der Waals surface area contributed by atoms with Crippen molar-refractivity contribution < 1.29 is 9.90 Å². The minimum atomic E-state index is -1.41. The molecule has 2 aromatic carbocycles. The molecule has 6 heteroatoms. The molecule has 0 saturated heterocycles. The molecule has 3 rings (SSSR count). The molecule has 22 heavy (non-hydrogen) atoms. The van der Waals surface area contributed by atoms with Crippen molar-refractivity contribution in [2.75, 3.05) is 0 Å². The molecule has 1 N–H and O–H groups in total. The Labute approximate surface area is 124 Å². The molecule has 110 valence electrons. The van der Waals surface area contributed by atoms with Gasteiger partial charge in [0.15, 0.2) is 0 Å². The SMILES string of the molecule is O=C(O)n1c(=O)n(Cc2ccccc2)c(=O)c2ccccc21. The van der Waals surface area contributed by atoms with Gasteiger partial charge in [0, 0.05) is 0 Å². The molecule has 0 saturated carbocycles. The summed E-state index contributed by atoms with van der Waals surface area (Å²) in [5, 5.41) is 9.49. The van der Waals surface area contributed by atoms with Gasteiger partial charge in [0.05, 0.1) is 17.4 Å². The summed E-state index contributed by atoms with van der Waals surface area (Å²) in [4.78, 5) is 36.3. The van der Waals surface area contributed by atoms with Crippen LogP contribution < -0.4 is 11.2 Å². The fourth-order valence-electron chi connectivity index (χ4n) is 2.40. The Morgan fingerprint density at radius 3 is 2.27 bits per heavy atom. The minimum absolute atomic E-state index is 0.0244. The van der Waals surface area contributed by atoms with Crippen LogP contribution in [0.25, 0.3) is 10.9 Å². The highest BCUT2D eigenvalue weighted by Crippen LogP contribution is 2.08. The van der Waals surface area contributed by atoms with Crippen molar-refractivity contribution in [3.8, 4) is 0 Å². The monoisotopic (exact) mass is 296 g/mol. The summed E-state index contributed by atoms with van der Waals surface area (Å²) in [5.41, 5.74) is -0.523. The number of carboxylic acid groups (broad SMARTS) is 1. The highest BCUT2D eigenvalue weighted by atomic mass is 16.4. The van der Waals surface area contributed by atoms with E-state index in [1.54, 1.807) is 36.4 Å². The number of benzene rings is 2. The molecule has 0 amide bonds. The molecule has 0 unspecified atom stereocenters. The van der Waals surface area contributed by atoms with Crippen molar-refractivity contribution in [1.82, 2.24) is 9.13 Å². The Morgan fingerprint density at radius 2 is 1.59 bits per heavy atom. The average Bonchev–Trinajstić information content (AvgIpc) is 2.52. The number of hydrogen-bond donors (Lipinski definition) is 1. The maximum absolute atomic E-state index is 12.5. The summed E-state index contributed by atoms with van der Waals surface area (Å²) < 4.78 is 1.53. The van der Waals surface area contributed by atoms with E-state index in [0.29, 0.717) is 4.57 Å². The van der Waals surface area contributed by atoms with Crippen LogP contribution in [-0.4, -0.2) is 20.3 Å². The lowest BCUT2D eigenvalue weighted by atomic mass is 10.2. The summed E-state index contributed by atoms with van der Waals surface area (Å²) in [6.45, 7) is 0.0244. The van der Waals surface area contributed by atoms with Gasteiger partial charge in [-0.15, -0.1) is 0 Å². The van der Waals surface area contributed by atoms with E-state index in [-0.39, 0.29) is 17.4 Å². The van der Waals surface area contributed by atoms with Crippen molar-refractivity contribution in [3.63, 3.8) is 0 Å². The van der Waals surface area contributed by atoms with Gasteiger partial charge in [-0.1, -0.05) is 42.5 Å².